The van der Waals surface area contributed by atoms with Gasteiger partial charge >= 0.3 is 5.00 Å². The Labute approximate surface area is 101 Å². The molecule has 3 rings (SSSR count). The second-order valence-electron chi connectivity index (χ2n) is 4.30. The van der Waals surface area contributed by atoms with Gasteiger partial charge in [0.25, 0.3) is 0 Å². The molecule has 1 aliphatic carbocycles. The van der Waals surface area contributed by atoms with Crippen LogP contribution in [0.2, 0.25) is 0 Å². The predicted molar refractivity (Wildman–Crippen MR) is 62.0 cm³/mol. The van der Waals surface area contributed by atoms with Crippen molar-refractivity contribution in [1.82, 2.24) is 4.98 Å². The highest BCUT2D eigenvalue weighted by Gasteiger charge is 2.52. The first-order chi connectivity index (χ1) is 8.16. The molecule has 4 atom stereocenters. The quantitative estimate of drug-likeness (QED) is 0.605. The highest BCUT2D eigenvalue weighted by Crippen LogP contribution is 2.40. The topological polar surface area (TPSA) is 103 Å². The third kappa shape index (κ3) is 1.68. The van der Waals surface area contributed by atoms with Gasteiger partial charge in [-0.1, -0.05) is 0 Å². The van der Waals surface area contributed by atoms with Crippen LogP contribution in [0.5, 0.6) is 0 Å². The summed E-state index contributed by atoms with van der Waals surface area (Å²) in [6, 6.07) is 0.0683. The molecule has 1 aromatic heterocycles. The maximum Gasteiger partial charge on any atom is 0.345 e. The second kappa shape index (κ2) is 3.90. The lowest BCUT2D eigenvalue weighted by Crippen LogP contribution is -2.65. The van der Waals surface area contributed by atoms with Crippen LogP contribution in [0.25, 0.3) is 0 Å². The molecule has 2 heterocycles. The Morgan fingerprint density at radius 1 is 1.71 bits per heavy atom. The van der Waals surface area contributed by atoms with E-state index < -0.39 is 4.92 Å². The average molecular weight is 256 g/mol. The fourth-order valence-electron chi connectivity index (χ4n) is 2.49. The normalized spacial score (nSPS) is 35.1. The number of nitrogens with one attached hydrogen (secondary N) is 1. The van der Waals surface area contributed by atoms with Gasteiger partial charge in [-0.25, -0.2) is 4.98 Å². The van der Waals surface area contributed by atoms with Gasteiger partial charge in [0.15, 0.2) is 5.13 Å². The van der Waals surface area contributed by atoms with Crippen LogP contribution in [0.1, 0.15) is 6.42 Å². The van der Waals surface area contributed by atoms with Crippen molar-refractivity contribution in [3.63, 3.8) is 0 Å². The van der Waals surface area contributed by atoms with Gasteiger partial charge in [-0.2, -0.15) is 0 Å². The maximum atomic E-state index is 10.5. The predicted octanol–water partition coefficient (Wildman–Crippen LogP) is 0.578. The number of rotatable bonds is 3. The fourth-order valence-corrected chi connectivity index (χ4v) is 3.17. The summed E-state index contributed by atoms with van der Waals surface area (Å²) < 4.78 is 5.56. The minimum Gasteiger partial charge on any atom is -0.376 e. The minimum absolute atomic E-state index is 0.0215. The summed E-state index contributed by atoms with van der Waals surface area (Å²) in [6.07, 6.45) is 2.39. The lowest BCUT2D eigenvalue weighted by Gasteiger charge is -2.45. The van der Waals surface area contributed by atoms with Gasteiger partial charge in [0.05, 0.1) is 17.1 Å². The zero-order chi connectivity index (χ0) is 12.0. The molecule has 0 radical (unpaired) electrons. The Kier molecular flexibility index (Phi) is 2.49. The first-order valence-corrected chi connectivity index (χ1v) is 6.22. The van der Waals surface area contributed by atoms with E-state index in [9.17, 15) is 10.1 Å². The smallest absolute Gasteiger partial charge is 0.345 e. The molecule has 2 aliphatic rings. The molecule has 1 saturated heterocycles. The van der Waals surface area contributed by atoms with Crippen LogP contribution >= 0.6 is 11.3 Å². The van der Waals surface area contributed by atoms with Crippen LogP contribution in [-0.4, -0.2) is 34.7 Å². The summed E-state index contributed by atoms with van der Waals surface area (Å²) in [4.78, 5) is 14.0. The highest BCUT2D eigenvalue weighted by molar-refractivity contribution is 7.18. The number of thiazole rings is 1. The molecule has 92 valence electrons. The monoisotopic (exact) mass is 256 g/mol. The first-order valence-electron chi connectivity index (χ1n) is 5.41. The van der Waals surface area contributed by atoms with Gasteiger partial charge < -0.3 is 15.8 Å². The van der Waals surface area contributed by atoms with Gasteiger partial charge in [-0.3, -0.25) is 10.1 Å². The molecule has 2 fully saturated rings. The Morgan fingerprint density at radius 2 is 2.53 bits per heavy atom. The van der Waals surface area contributed by atoms with Gasteiger partial charge in [0.1, 0.15) is 6.20 Å². The number of nitro groups is 1. The van der Waals surface area contributed by atoms with Crippen LogP contribution in [0.15, 0.2) is 6.20 Å². The lowest BCUT2D eigenvalue weighted by atomic mass is 9.72. The van der Waals surface area contributed by atoms with Crippen LogP contribution < -0.4 is 11.1 Å². The number of anilines is 1. The third-order valence-electron chi connectivity index (χ3n) is 3.41. The molecular formula is C9H12N4O3S. The number of nitrogens with zero attached hydrogens (tertiary/aromatic N) is 2. The van der Waals surface area contributed by atoms with Crippen molar-refractivity contribution in [1.29, 1.82) is 0 Å². The van der Waals surface area contributed by atoms with Crippen molar-refractivity contribution < 1.29 is 9.66 Å². The summed E-state index contributed by atoms with van der Waals surface area (Å²) in [5.74, 6) is 0.419. The van der Waals surface area contributed by atoms with E-state index in [0.717, 1.165) is 24.4 Å². The Bertz CT molecular complexity index is 451. The molecule has 0 aromatic carbocycles. The Morgan fingerprint density at radius 3 is 3.24 bits per heavy atom. The van der Waals surface area contributed by atoms with Gasteiger partial charge in [-0.15, -0.1) is 0 Å². The summed E-state index contributed by atoms with van der Waals surface area (Å²) in [6.45, 7) is 0.749. The summed E-state index contributed by atoms with van der Waals surface area (Å²) in [5, 5.41) is 14.2. The van der Waals surface area contributed by atoms with E-state index in [1.54, 1.807) is 0 Å². The average Bonchev–Trinajstić information content (AvgIpc) is 2.92. The molecule has 8 heteroatoms. The van der Waals surface area contributed by atoms with Crippen LogP contribution in [0, 0.1) is 16.0 Å². The van der Waals surface area contributed by atoms with E-state index in [1.165, 1.54) is 6.20 Å². The highest BCUT2D eigenvalue weighted by atomic mass is 32.1. The van der Waals surface area contributed by atoms with Crippen molar-refractivity contribution in [2.45, 2.75) is 24.6 Å². The summed E-state index contributed by atoms with van der Waals surface area (Å²) in [7, 11) is 0. The Balaban J connectivity index is 1.68. The molecule has 3 N–H and O–H groups in total. The third-order valence-corrected chi connectivity index (χ3v) is 4.29. The molecule has 0 spiro atoms. The SMILES string of the molecule is NC1C2CCOC2C1Nc1ncc([N+](=O)[O-])s1. The number of nitrogens with two attached hydrogens (primary N) is 1. The minimum atomic E-state index is -0.446. The first kappa shape index (κ1) is 10.9. The van der Waals surface area contributed by atoms with Crippen molar-refractivity contribution in [2.24, 2.45) is 11.7 Å². The number of hydrogen-bond donors (Lipinski definition) is 2. The summed E-state index contributed by atoms with van der Waals surface area (Å²) in [5.41, 5.74) is 6.02. The molecule has 17 heavy (non-hydrogen) atoms. The molecule has 1 aliphatic heterocycles. The van der Waals surface area contributed by atoms with E-state index in [1.807, 2.05) is 0 Å². The van der Waals surface area contributed by atoms with Crippen LogP contribution in [0.4, 0.5) is 10.1 Å². The molecule has 0 bridgehead atoms. The number of hydrogen-bond acceptors (Lipinski definition) is 7. The van der Waals surface area contributed by atoms with E-state index >= 15 is 0 Å². The number of aromatic nitrogens is 1. The fraction of sp³-hybridized carbons (Fsp3) is 0.667. The van der Waals surface area contributed by atoms with Gasteiger partial charge in [0.2, 0.25) is 0 Å². The van der Waals surface area contributed by atoms with Gasteiger partial charge in [0, 0.05) is 18.6 Å². The van der Waals surface area contributed by atoms with Crippen molar-refractivity contribution in [2.75, 3.05) is 11.9 Å². The molecule has 4 unspecified atom stereocenters. The zero-order valence-corrected chi connectivity index (χ0v) is 9.72. The van der Waals surface area contributed by atoms with Crippen molar-refractivity contribution >= 4 is 21.5 Å². The summed E-state index contributed by atoms with van der Waals surface area (Å²) >= 11 is 1.02. The lowest BCUT2D eigenvalue weighted by molar-refractivity contribution is -0.380. The van der Waals surface area contributed by atoms with Crippen molar-refractivity contribution in [3.8, 4) is 0 Å². The molecular weight excluding hydrogens is 244 g/mol. The molecule has 1 saturated carbocycles. The van der Waals surface area contributed by atoms with E-state index in [-0.39, 0.29) is 23.2 Å². The van der Waals surface area contributed by atoms with E-state index in [2.05, 4.69) is 10.3 Å². The maximum absolute atomic E-state index is 10.5. The standard InChI is InChI=1S/C9H12N4O3S/c10-6-4-1-2-16-8(4)7(6)12-9-11-3-5(17-9)13(14)15/h3-4,6-8H,1-2,10H2,(H,11,12). The molecule has 1 aromatic rings. The number of ether oxygens (including phenoxy) is 1. The van der Waals surface area contributed by atoms with Crippen molar-refractivity contribution in [3.05, 3.63) is 16.3 Å². The second-order valence-corrected chi connectivity index (χ2v) is 5.31. The Hall–Kier alpha value is -1.25. The largest absolute Gasteiger partial charge is 0.376 e. The van der Waals surface area contributed by atoms with E-state index in [4.69, 9.17) is 10.5 Å². The molecule has 7 nitrogen and oxygen atoms in total. The zero-order valence-electron chi connectivity index (χ0n) is 8.91. The molecule has 0 amide bonds. The van der Waals surface area contributed by atoms with Gasteiger partial charge in [-0.05, 0) is 17.8 Å². The van der Waals surface area contributed by atoms with E-state index in [0.29, 0.717) is 11.0 Å². The van der Waals surface area contributed by atoms with Crippen LogP contribution in [-0.2, 0) is 4.74 Å². The van der Waals surface area contributed by atoms with Crippen LogP contribution in [0.3, 0.4) is 0 Å². The number of fused-ring (bicyclic) bond motifs is 1.